The molecule has 4 unspecified atom stereocenters. The van der Waals surface area contributed by atoms with Gasteiger partial charge in [-0.05, 0) is 25.2 Å². The maximum Gasteiger partial charge on any atom is 0.307 e. The van der Waals surface area contributed by atoms with Crippen molar-refractivity contribution in [2.45, 2.75) is 20.3 Å². The van der Waals surface area contributed by atoms with Gasteiger partial charge in [0, 0.05) is 5.92 Å². The van der Waals surface area contributed by atoms with Crippen LogP contribution < -0.4 is 0 Å². The second-order valence-electron chi connectivity index (χ2n) is 4.11. The van der Waals surface area contributed by atoms with Gasteiger partial charge in [0.2, 0.25) is 0 Å². The van der Waals surface area contributed by atoms with Crippen molar-refractivity contribution < 1.29 is 14.7 Å². The van der Waals surface area contributed by atoms with E-state index in [0.29, 0.717) is 0 Å². The molecule has 0 saturated heterocycles. The van der Waals surface area contributed by atoms with Gasteiger partial charge >= 0.3 is 5.97 Å². The fourth-order valence-electron chi connectivity index (χ4n) is 2.58. The van der Waals surface area contributed by atoms with Crippen molar-refractivity contribution >= 4 is 11.8 Å². The molecule has 0 aliphatic heterocycles. The van der Waals surface area contributed by atoms with Gasteiger partial charge in [-0.2, -0.15) is 0 Å². The van der Waals surface area contributed by atoms with Crippen LogP contribution in [0.15, 0.2) is 12.7 Å². The van der Waals surface area contributed by atoms with Gasteiger partial charge in [-0.15, -0.1) is 6.58 Å². The molecule has 0 aromatic rings. The number of carbonyl (C=O) groups is 2. The van der Waals surface area contributed by atoms with Crippen LogP contribution in [-0.4, -0.2) is 16.9 Å². The average Bonchev–Trinajstić information content (AvgIpc) is 2.41. The Morgan fingerprint density at radius 3 is 2.36 bits per heavy atom. The molecule has 1 aliphatic carbocycles. The van der Waals surface area contributed by atoms with E-state index in [1.807, 2.05) is 6.92 Å². The first-order chi connectivity index (χ1) is 6.49. The minimum Gasteiger partial charge on any atom is -0.481 e. The van der Waals surface area contributed by atoms with Gasteiger partial charge in [-0.1, -0.05) is 13.0 Å². The maximum atomic E-state index is 11.3. The highest BCUT2D eigenvalue weighted by Gasteiger charge is 2.46. The third-order valence-corrected chi connectivity index (χ3v) is 3.16. The van der Waals surface area contributed by atoms with Gasteiger partial charge in [0.1, 0.15) is 5.78 Å². The molecule has 0 aromatic heterocycles. The summed E-state index contributed by atoms with van der Waals surface area (Å²) in [6.07, 6.45) is 2.42. The molecule has 0 bridgehead atoms. The first kappa shape index (κ1) is 11.0. The molecule has 0 heterocycles. The lowest BCUT2D eigenvalue weighted by Gasteiger charge is -2.17. The molecule has 0 spiro atoms. The van der Waals surface area contributed by atoms with Crippen molar-refractivity contribution in [3.63, 3.8) is 0 Å². The van der Waals surface area contributed by atoms with Gasteiger partial charge in [0.05, 0.1) is 5.92 Å². The smallest absolute Gasteiger partial charge is 0.307 e. The predicted octanol–water partition coefficient (Wildman–Crippen LogP) is 1.73. The lowest BCUT2D eigenvalue weighted by atomic mass is 9.85. The second kappa shape index (κ2) is 3.95. The van der Waals surface area contributed by atoms with Crippen molar-refractivity contribution in [3.05, 3.63) is 12.7 Å². The summed E-state index contributed by atoms with van der Waals surface area (Å²) in [6.45, 7) is 7.04. The van der Waals surface area contributed by atoms with Crippen LogP contribution in [0, 0.1) is 23.7 Å². The standard InChI is InChI=1S/C11H16O3/c1-4-8-5-6(2)9(7(3)12)10(8)11(13)14/h4,6,8-10H,1,5H2,2-3H3,(H,13,14). The quantitative estimate of drug-likeness (QED) is 0.699. The summed E-state index contributed by atoms with van der Waals surface area (Å²) < 4.78 is 0. The van der Waals surface area contributed by atoms with Crippen molar-refractivity contribution in [3.8, 4) is 0 Å². The Morgan fingerprint density at radius 1 is 1.43 bits per heavy atom. The SMILES string of the molecule is C=CC1CC(C)C(C(C)=O)C1C(=O)O. The Kier molecular flexibility index (Phi) is 3.09. The van der Waals surface area contributed by atoms with E-state index in [9.17, 15) is 9.59 Å². The Labute approximate surface area is 83.8 Å². The average molecular weight is 196 g/mol. The lowest BCUT2D eigenvalue weighted by Crippen LogP contribution is -2.29. The molecule has 1 N–H and O–H groups in total. The summed E-state index contributed by atoms with van der Waals surface area (Å²) in [5, 5.41) is 9.05. The molecule has 4 atom stereocenters. The number of hydrogen-bond acceptors (Lipinski definition) is 2. The molecular weight excluding hydrogens is 180 g/mol. The van der Waals surface area contributed by atoms with Gasteiger partial charge in [-0.25, -0.2) is 0 Å². The van der Waals surface area contributed by atoms with E-state index < -0.39 is 11.9 Å². The molecule has 0 radical (unpaired) electrons. The van der Waals surface area contributed by atoms with Gasteiger partial charge in [0.25, 0.3) is 0 Å². The zero-order valence-electron chi connectivity index (χ0n) is 8.56. The Hall–Kier alpha value is -1.12. The predicted molar refractivity (Wildman–Crippen MR) is 52.8 cm³/mol. The number of Topliss-reactive ketones (excluding diaryl/α,β-unsaturated/α-hetero) is 1. The Balaban J connectivity index is 2.97. The van der Waals surface area contributed by atoms with Crippen molar-refractivity contribution in [2.75, 3.05) is 0 Å². The lowest BCUT2D eigenvalue weighted by molar-refractivity contribution is -0.146. The van der Waals surface area contributed by atoms with Gasteiger partial charge in [0.15, 0.2) is 0 Å². The number of rotatable bonds is 3. The number of carboxylic acid groups (broad SMARTS) is 1. The molecule has 1 fully saturated rings. The first-order valence-corrected chi connectivity index (χ1v) is 4.84. The van der Waals surface area contributed by atoms with E-state index >= 15 is 0 Å². The normalized spacial score (nSPS) is 36.7. The molecule has 1 aliphatic rings. The number of carboxylic acids is 1. The summed E-state index contributed by atoms with van der Waals surface area (Å²) in [5.41, 5.74) is 0. The number of hydrogen-bond donors (Lipinski definition) is 1. The summed E-state index contributed by atoms with van der Waals surface area (Å²) >= 11 is 0. The van der Waals surface area contributed by atoms with Crippen LogP contribution in [0.4, 0.5) is 0 Å². The molecular formula is C11H16O3. The highest BCUT2D eigenvalue weighted by atomic mass is 16.4. The van der Waals surface area contributed by atoms with Crippen LogP contribution in [0.5, 0.6) is 0 Å². The fourth-order valence-corrected chi connectivity index (χ4v) is 2.58. The van der Waals surface area contributed by atoms with Crippen LogP contribution in [0.1, 0.15) is 20.3 Å². The molecule has 1 rings (SSSR count). The molecule has 1 saturated carbocycles. The van der Waals surface area contributed by atoms with Crippen LogP contribution >= 0.6 is 0 Å². The highest BCUT2D eigenvalue weighted by Crippen LogP contribution is 2.42. The third-order valence-electron chi connectivity index (χ3n) is 3.16. The van der Waals surface area contributed by atoms with Crippen molar-refractivity contribution in [1.29, 1.82) is 0 Å². The fraction of sp³-hybridized carbons (Fsp3) is 0.636. The minimum absolute atomic E-state index is 0.0192. The van der Waals surface area contributed by atoms with E-state index in [1.165, 1.54) is 6.92 Å². The van der Waals surface area contributed by atoms with Crippen molar-refractivity contribution in [2.24, 2.45) is 23.7 Å². The van der Waals surface area contributed by atoms with Gasteiger partial charge < -0.3 is 5.11 Å². The summed E-state index contributed by atoms with van der Waals surface area (Å²) in [6, 6.07) is 0. The van der Waals surface area contributed by atoms with E-state index in [0.717, 1.165) is 6.42 Å². The van der Waals surface area contributed by atoms with E-state index in [1.54, 1.807) is 6.08 Å². The van der Waals surface area contributed by atoms with Crippen LogP contribution in [0.3, 0.4) is 0 Å². The van der Waals surface area contributed by atoms with E-state index in [2.05, 4.69) is 6.58 Å². The van der Waals surface area contributed by atoms with Crippen LogP contribution in [0.2, 0.25) is 0 Å². The first-order valence-electron chi connectivity index (χ1n) is 4.84. The minimum atomic E-state index is -0.876. The number of ketones is 1. The molecule has 0 amide bonds. The number of carbonyl (C=O) groups excluding carboxylic acids is 1. The topological polar surface area (TPSA) is 54.4 Å². The summed E-state index contributed by atoms with van der Waals surface area (Å²) in [7, 11) is 0. The Morgan fingerprint density at radius 2 is 2.00 bits per heavy atom. The second-order valence-corrected chi connectivity index (χ2v) is 4.11. The Bertz CT molecular complexity index is 270. The zero-order valence-corrected chi connectivity index (χ0v) is 8.56. The van der Waals surface area contributed by atoms with Crippen molar-refractivity contribution in [1.82, 2.24) is 0 Å². The molecule has 0 aromatic carbocycles. The number of aliphatic carboxylic acids is 1. The zero-order chi connectivity index (χ0) is 10.9. The monoisotopic (exact) mass is 196 g/mol. The summed E-state index contributed by atoms with van der Waals surface area (Å²) in [5.74, 6) is -1.71. The van der Waals surface area contributed by atoms with Crippen LogP contribution in [-0.2, 0) is 9.59 Å². The molecule has 3 heteroatoms. The molecule has 78 valence electrons. The van der Waals surface area contributed by atoms with E-state index in [4.69, 9.17) is 5.11 Å². The summed E-state index contributed by atoms with van der Waals surface area (Å²) in [4.78, 5) is 22.4. The molecule has 14 heavy (non-hydrogen) atoms. The van der Waals surface area contributed by atoms with E-state index in [-0.39, 0.29) is 23.5 Å². The molecule has 3 nitrogen and oxygen atoms in total. The van der Waals surface area contributed by atoms with Crippen LogP contribution in [0.25, 0.3) is 0 Å². The largest absolute Gasteiger partial charge is 0.481 e. The third kappa shape index (κ3) is 1.72. The number of allylic oxidation sites excluding steroid dienone is 1. The van der Waals surface area contributed by atoms with Gasteiger partial charge in [-0.3, -0.25) is 9.59 Å². The highest BCUT2D eigenvalue weighted by molar-refractivity contribution is 5.85. The maximum absolute atomic E-state index is 11.3.